The molecule has 0 bridgehead atoms. The molecule has 1 heterocycles. The fourth-order valence-electron chi connectivity index (χ4n) is 1.50. The molecule has 0 aliphatic rings. The van der Waals surface area contributed by atoms with Crippen molar-refractivity contribution in [3.8, 4) is 22.8 Å². The average molecular weight is 248 g/mol. The lowest BCUT2D eigenvalue weighted by Crippen LogP contribution is -1.92. The molecule has 0 amide bonds. The molecule has 4 nitrogen and oxygen atoms in total. The van der Waals surface area contributed by atoms with Gasteiger partial charge in [-0.1, -0.05) is 12.2 Å². The van der Waals surface area contributed by atoms with Crippen molar-refractivity contribution in [2.45, 2.75) is 0 Å². The van der Waals surface area contributed by atoms with E-state index in [-0.39, 0.29) is 0 Å². The largest absolute Gasteiger partial charge is 0.497 e. The van der Waals surface area contributed by atoms with E-state index in [2.05, 4.69) is 9.97 Å². The second kappa shape index (κ2) is 4.97. The van der Waals surface area contributed by atoms with Crippen molar-refractivity contribution in [2.24, 2.45) is 0 Å². The van der Waals surface area contributed by atoms with Crippen LogP contribution in [0, 0.1) is 4.64 Å². The van der Waals surface area contributed by atoms with Crippen molar-refractivity contribution in [3.63, 3.8) is 0 Å². The lowest BCUT2D eigenvalue weighted by molar-refractivity contribution is 0.404. The monoisotopic (exact) mass is 248 g/mol. The highest BCUT2D eigenvalue weighted by Gasteiger charge is 2.08. The summed E-state index contributed by atoms with van der Waals surface area (Å²) in [6.45, 7) is 0. The summed E-state index contributed by atoms with van der Waals surface area (Å²) in [4.78, 5) is 7.20. The van der Waals surface area contributed by atoms with Crippen LogP contribution in [-0.4, -0.2) is 24.2 Å². The molecule has 88 valence electrons. The third-order valence-electron chi connectivity index (χ3n) is 2.35. The second-order valence-corrected chi connectivity index (χ2v) is 3.80. The summed E-state index contributed by atoms with van der Waals surface area (Å²) in [5.74, 6) is 1.49. The lowest BCUT2D eigenvalue weighted by atomic mass is 10.1. The Kier molecular flexibility index (Phi) is 3.39. The first kappa shape index (κ1) is 11.6. The van der Waals surface area contributed by atoms with Gasteiger partial charge in [0.1, 0.15) is 16.1 Å². The SMILES string of the molecule is COc1ccc(OC)c(-c2c[nH]c(=S)cn2)c1. The van der Waals surface area contributed by atoms with Crippen LogP contribution in [0.5, 0.6) is 11.5 Å². The van der Waals surface area contributed by atoms with Gasteiger partial charge in [-0.2, -0.15) is 0 Å². The minimum Gasteiger partial charge on any atom is -0.497 e. The average Bonchev–Trinajstić information content (AvgIpc) is 2.39. The topological polar surface area (TPSA) is 47.1 Å². The standard InChI is InChI=1S/C12H12N2O2S/c1-15-8-3-4-11(16-2)9(5-8)10-6-14-12(17)7-13-10/h3-7H,1-2H3,(H,14,17). The van der Waals surface area contributed by atoms with E-state index in [0.717, 1.165) is 22.8 Å². The fraction of sp³-hybridized carbons (Fsp3) is 0.167. The van der Waals surface area contributed by atoms with E-state index < -0.39 is 0 Å². The van der Waals surface area contributed by atoms with Crippen LogP contribution in [-0.2, 0) is 0 Å². The molecule has 0 aliphatic carbocycles. The van der Waals surface area contributed by atoms with E-state index >= 15 is 0 Å². The number of H-pyrrole nitrogens is 1. The fourth-order valence-corrected chi connectivity index (χ4v) is 1.62. The van der Waals surface area contributed by atoms with Crippen LogP contribution in [0.1, 0.15) is 0 Å². The molecule has 0 radical (unpaired) electrons. The predicted octanol–water partition coefficient (Wildman–Crippen LogP) is 2.82. The van der Waals surface area contributed by atoms with E-state index in [1.165, 1.54) is 0 Å². The number of aromatic amines is 1. The van der Waals surface area contributed by atoms with Crippen molar-refractivity contribution in [3.05, 3.63) is 35.2 Å². The van der Waals surface area contributed by atoms with Crippen molar-refractivity contribution in [2.75, 3.05) is 14.2 Å². The molecule has 5 heteroatoms. The Morgan fingerprint density at radius 1 is 1.24 bits per heavy atom. The lowest BCUT2D eigenvalue weighted by Gasteiger charge is -2.09. The van der Waals surface area contributed by atoms with Gasteiger partial charge in [0.2, 0.25) is 0 Å². The maximum atomic E-state index is 5.29. The number of methoxy groups -OCH3 is 2. The third kappa shape index (κ3) is 2.45. The van der Waals surface area contributed by atoms with Gasteiger partial charge in [-0.25, -0.2) is 0 Å². The minimum absolute atomic E-state index is 0.593. The van der Waals surface area contributed by atoms with E-state index in [1.54, 1.807) is 26.6 Å². The molecule has 2 aromatic rings. The van der Waals surface area contributed by atoms with Crippen LogP contribution in [0.4, 0.5) is 0 Å². The molecule has 17 heavy (non-hydrogen) atoms. The molecular weight excluding hydrogens is 236 g/mol. The molecule has 1 aromatic heterocycles. The summed E-state index contributed by atoms with van der Waals surface area (Å²) < 4.78 is 11.1. The number of rotatable bonds is 3. The summed E-state index contributed by atoms with van der Waals surface area (Å²) in [5.41, 5.74) is 1.62. The zero-order valence-corrected chi connectivity index (χ0v) is 10.4. The Bertz CT molecular complexity index is 560. The molecular formula is C12H12N2O2S. The van der Waals surface area contributed by atoms with Gasteiger partial charge in [0.05, 0.1) is 26.1 Å². The Hall–Kier alpha value is -1.88. The van der Waals surface area contributed by atoms with Crippen LogP contribution in [0.25, 0.3) is 11.3 Å². The first-order valence-electron chi connectivity index (χ1n) is 5.01. The Morgan fingerprint density at radius 3 is 2.65 bits per heavy atom. The summed E-state index contributed by atoms with van der Waals surface area (Å²) in [7, 11) is 3.24. The van der Waals surface area contributed by atoms with Crippen LogP contribution >= 0.6 is 12.2 Å². The van der Waals surface area contributed by atoms with Crippen LogP contribution in [0.15, 0.2) is 30.6 Å². The zero-order valence-electron chi connectivity index (χ0n) is 9.56. The molecule has 0 spiro atoms. The number of hydrogen-bond donors (Lipinski definition) is 1. The molecule has 1 N–H and O–H groups in total. The summed E-state index contributed by atoms with van der Waals surface area (Å²) >= 11 is 4.96. The Labute approximate surface area is 104 Å². The van der Waals surface area contributed by atoms with Crippen molar-refractivity contribution in [1.29, 1.82) is 0 Å². The molecule has 1 aromatic carbocycles. The molecule has 0 saturated carbocycles. The molecule has 0 unspecified atom stereocenters. The number of aromatic nitrogens is 2. The molecule has 2 rings (SSSR count). The van der Waals surface area contributed by atoms with Gasteiger partial charge in [-0.3, -0.25) is 4.98 Å². The van der Waals surface area contributed by atoms with E-state index in [9.17, 15) is 0 Å². The smallest absolute Gasteiger partial charge is 0.128 e. The maximum absolute atomic E-state index is 5.29. The van der Waals surface area contributed by atoms with Gasteiger partial charge >= 0.3 is 0 Å². The molecule has 0 aliphatic heterocycles. The van der Waals surface area contributed by atoms with E-state index in [1.807, 2.05) is 18.2 Å². The van der Waals surface area contributed by atoms with Crippen molar-refractivity contribution in [1.82, 2.24) is 9.97 Å². The van der Waals surface area contributed by atoms with Gasteiger partial charge in [-0.15, -0.1) is 0 Å². The first-order chi connectivity index (χ1) is 8.24. The first-order valence-corrected chi connectivity index (χ1v) is 5.42. The van der Waals surface area contributed by atoms with Crippen LogP contribution < -0.4 is 9.47 Å². The Morgan fingerprint density at radius 2 is 2.06 bits per heavy atom. The highest BCUT2D eigenvalue weighted by Crippen LogP contribution is 2.31. The van der Waals surface area contributed by atoms with Crippen molar-refractivity contribution < 1.29 is 9.47 Å². The van der Waals surface area contributed by atoms with E-state index in [4.69, 9.17) is 21.7 Å². The summed E-state index contributed by atoms with van der Waals surface area (Å²) in [6, 6.07) is 5.56. The quantitative estimate of drug-likeness (QED) is 0.848. The maximum Gasteiger partial charge on any atom is 0.128 e. The number of nitrogens with one attached hydrogen (secondary N) is 1. The normalized spacial score (nSPS) is 10.0. The van der Waals surface area contributed by atoms with Crippen LogP contribution in [0.2, 0.25) is 0 Å². The van der Waals surface area contributed by atoms with Gasteiger partial charge in [0.15, 0.2) is 0 Å². The van der Waals surface area contributed by atoms with Gasteiger partial charge in [0.25, 0.3) is 0 Å². The summed E-state index contributed by atoms with van der Waals surface area (Å²) in [6.07, 6.45) is 3.35. The summed E-state index contributed by atoms with van der Waals surface area (Å²) in [5, 5.41) is 0. The van der Waals surface area contributed by atoms with Crippen molar-refractivity contribution >= 4 is 12.2 Å². The predicted molar refractivity (Wildman–Crippen MR) is 68.0 cm³/mol. The Balaban J connectivity index is 2.55. The van der Waals surface area contributed by atoms with E-state index in [0.29, 0.717) is 4.64 Å². The molecule has 0 saturated heterocycles. The van der Waals surface area contributed by atoms with Gasteiger partial charge in [-0.05, 0) is 18.2 Å². The van der Waals surface area contributed by atoms with Gasteiger partial charge < -0.3 is 14.5 Å². The molecule has 0 fully saturated rings. The molecule has 0 atom stereocenters. The number of benzene rings is 1. The van der Waals surface area contributed by atoms with Gasteiger partial charge in [0, 0.05) is 11.8 Å². The highest BCUT2D eigenvalue weighted by atomic mass is 32.1. The number of nitrogens with zero attached hydrogens (tertiary/aromatic N) is 1. The third-order valence-corrected chi connectivity index (χ3v) is 2.58. The zero-order chi connectivity index (χ0) is 12.3. The van der Waals surface area contributed by atoms with Crippen LogP contribution in [0.3, 0.4) is 0 Å². The highest BCUT2D eigenvalue weighted by molar-refractivity contribution is 7.71. The second-order valence-electron chi connectivity index (χ2n) is 3.36. The minimum atomic E-state index is 0.593. The number of ether oxygens (including phenoxy) is 2. The number of hydrogen-bond acceptors (Lipinski definition) is 4.